The second-order valence-electron chi connectivity index (χ2n) is 2.34. The molecule has 2 rings (SSSR count). The van der Waals surface area contributed by atoms with Gasteiger partial charge >= 0.3 is 0 Å². The number of hydrogen-bond acceptors (Lipinski definition) is 3. The van der Waals surface area contributed by atoms with Crippen molar-refractivity contribution in [3.8, 4) is 0 Å². The summed E-state index contributed by atoms with van der Waals surface area (Å²) in [5.41, 5.74) is 0.0289. The summed E-state index contributed by atoms with van der Waals surface area (Å²) in [4.78, 5) is 10.0. The van der Waals surface area contributed by atoms with E-state index in [1.54, 1.807) is 12.1 Å². The molecule has 12 heavy (non-hydrogen) atoms. The third-order valence-corrected chi connectivity index (χ3v) is 1.62. The fourth-order valence-corrected chi connectivity index (χ4v) is 1.07. The van der Waals surface area contributed by atoms with Gasteiger partial charge in [-0.3, -0.25) is 10.1 Å². The lowest BCUT2D eigenvalue weighted by molar-refractivity contribution is -0.383. The van der Waals surface area contributed by atoms with Gasteiger partial charge in [-0.1, -0.05) is 12.1 Å². The van der Waals surface area contributed by atoms with E-state index in [9.17, 15) is 10.1 Å². The third kappa shape index (κ3) is 0.852. The molecule has 1 heterocycles. The molecule has 0 aliphatic carbocycles. The highest BCUT2D eigenvalue weighted by Gasteiger charge is 2.12. The van der Waals surface area contributed by atoms with Crippen LogP contribution in [0.1, 0.15) is 0 Å². The van der Waals surface area contributed by atoms with Gasteiger partial charge in [0.05, 0.1) is 11.2 Å². The predicted molar refractivity (Wildman–Crippen MR) is 41.7 cm³/mol. The molecule has 0 bridgehead atoms. The summed E-state index contributed by atoms with van der Waals surface area (Å²) in [7, 11) is 0. The number of furan rings is 1. The van der Waals surface area contributed by atoms with Gasteiger partial charge in [-0.15, -0.1) is 0 Å². The quantitative estimate of drug-likeness (QED) is 0.476. The fraction of sp³-hybridized carbons (Fsp3) is 0. The van der Waals surface area contributed by atoms with E-state index in [-0.39, 0.29) is 5.69 Å². The van der Waals surface area contributed by atoms with E-state index in [2.05, 4.69) is 6.26 Å². The van der Waals surface area contributed by atoms with E-state index >= 15 is 0 Å². The van der Waals surface area contributed by atoms with E-state index in [0.29, 0.717) is 10.8 Å². The average Bonchev–Trinajstić information content (AvgIpc) is 2.49. The number of non-ortho nitro benzene ring substituents is 1. The molecule has 59 valence electrons. The van der Waals surface area contributed by atoms with Crippen molar-refractivity contribution in [2.24, 2.45) is 0 Å². The molecule has 0 saturated heterocycles. The molecule has 0 unspecified atom stereocenters. The lowest BCUT2D eigenvalue weighted by Gasteiger charge is -1.89. The van der Waals surface area contributed by atoms with Gasteiger partial charge in [-0.25, -0.2) is 0 Å². The van der Waals surface area contributed by atoms with Crippen molar-refractivity contribution in [1.82, 2.24) is 0 Å². The SMILES string of the molecule is O=[N+]([O-])c1cccc2co[c]c12. The smallest absolute Gasteiger partial charge is 0.281 e. The molecule has 0 amide bonds. The number of rotatable bonds is 1. The molecule has 0 fully saturated rings. The van der Waals surface area contributed by atoms with Crippen LogP contribution in [0.2, 0.25) is 0 Å². The van der Waals surface area contributed by atoms with Crippen molar-refractivity contribution >= 4 is 16.5 Å². The minimum absolute atomic E-state index is 0.0289. The minimum Gasteiger partial charge on any atom is -0.459 e. The van der Waals surface area contributed by atoms with Crippen LogP contribution in [-0.2, 0) is 0 Å². The number of nitrogens with zero attached hydrogens (tertiary/aromatic N) is 1. The van der Waals surface area contributed by atoms with Crippen LogP contribution in [-0.4, -0.2) is 4.92 Å². The number of fused-ring (bicyclic) bond motifs is 1. The molecule has 0 saturated carbocycles. The zero-order chi connectivity index (χ0) is 8.55. The van der Waals surface area contributed by atoms with Crippen LogP contribution >= 0.6 is 0 Å². The van der Waals surface area contributed by atoms with Gasteiger partial charge in [0.2, 0.25) is 0 Å². The van der Waals surface area contributed by atoms with Crippen LogP contribution in [0.25, 0.3) is 10.8 Å². The maximum absolute atomic E-state index is 10.5. The first kappa shape index (κ1) is 6.84. The van der Waals surface area contributed by atoms with Crippen molar-refractivity contribution in [2.45, 2.75) is 0 Å². The van der Waals surface area contributed by atoms with Crippen LogP contribution in [0.5, 0.6) is 0 Å². The molecule has 0 spiro atoms. The highest BCUT2D eigenvalue weighted by atomic mass is 16.6. The predicted octanol–water partition coefficient (Wildman–Crippen LogP) is 2.14. The Bertz CT molecular complexity index is 433. The van der Waals surface area contributed by atoms with E-state index in [1.807, 2.05) is 0 Å². The Hall–Kier alpha value is -1.84. The van der Waals surface area contributed by atoms with Crippen molar-refractivity contribution in [1.29, 1.82) is 0 Å². The number of nitro benzene ring substituents is 1. The zero-order valence-corrected chi connectivity index (χ0v) is 5.98. The van der Waals surface area contributed by atoms with E-state index in [1.165, 1.54) is 12.3 Å². The summed E-state index contributed by atoms with van der Waals surface area (Å²) < 4.78 is 4.73. The lowest BCUT2D eigenvalue weighted by atomic mass is 10.2. The third-order valence-electron chi connectivity index (χ3n) is 1.62. The highest BCUT2D eigenvalue weighted by molar-refractivity contribution is 5.89. The minimum atomic E-state index is -0.450. The molecule has 0 aliphatic rings. The van der Waals surface area contributed by atoms with Gasteiger partial charge in [0.15, 0.2) is 6.26 Å². The van der Waals surface area contributed by atoms with E-state index in [0.717, 1.165) is 0 Å². The Kier molecular flexibility index (Phi) is 1.33. The van der Waals surface area contributed by atoms with Crippen molar-refractivity contribution in [3.05, 3.63) is 40.8 Å². The zero-order valence-electron chi connectivity index (χ0n) is 5.98. The summed E-state index contributed by atoms with van der Waals surface area (Å²) in [5.74, 6) is 0. The van der Waals surface area contributed by atoms with Gasteiger partial charge in [0, 0.05) is 11.5 Å². The Morgan fingerprint density at radius 2 is 2.33 bits per heavy atom. The number of benzene rings is 1. The van der Waals surface area contributed by atoms with Gasteiger partial charge in [-0.2, -0.15) is 0 Å². The van der Waals surface area contributed by atoms with Gasteiger partial charge in [-0.05, 0) is 0 Å². The monoisotopic (exact) mass is 162 g/mol. The number of hydrogen-bond donors (Lipinski definition) is 0. The normalized spacial score (nSPS) is 10.3. The maximum atomic E-state index is 10.5. The molecular formula is C8H4NO3. The summed E-state index contributed by atoms with van der Waals surface area (Å²) in [6, 6.07) is 4.78. The Labute approximate surface area is 67.6 Å². The summed E-state index contributed by atoms with van der Waals surface area (Å²) in [6.07, 6.45) is 3.89. The summed E-state index contributed by atoms with van der Waals surface area (Å²) in [6.45, 7) is 0. The van der Waals surface area contributed by atoms with Crippen LogP contribution in [0.15, 0.2) is 28.9 Å². The Morgan fingerprint density at radius 3 is 3.08 bits per heavy atom. The molecule has 4 heteroatoms. The molecule has 1 aromatic heterocycles. The molecule has 1 radical (unpaired) electrons. The van der Waals surface area contributed by atoms with Crippen LogP contribution in [0.4, 0.5) is 5.69 Å². The second-order valence-corrected chi connectivity index (χ2v) is 2.34. The van der Waals surface area contributed by atoms with Crippen LogP contribution < -0.4 is 0 Å². The molecular weight excluding hydrogens is 158 g/mol. The molecule has 1 aromatic carbocycles. The van der Waals surface area contributed by atoms with Crippen LogP contribution in [0, 0.1) is 16.4 Å². The average molecular weight is 162 g/mol. The summed E-state index contributed by atoms with van der Waals surface area (Å²) in [5, 5.41) is 11.6. The fourth-order valence-electron chi connectivity index (χ4n) is 1.07. The molecule has 4 nitrogen and oxygen atoms in total. The molecule has 0 aliphatic heterocycles. The molecule has 0 N–H and O–H groups in total. The van der Waals surface area contributed by atoms with Crippen LogP contribution in [0.3, 0.4) is 0 Å². The van der Waals surface area contributed by atoms with Gasteiger partial charge in [0.25, 0.3) is 5.69 Å². The first-order valence-corrected chi connectivity index (χ1v) is 3.31. The Balaban J connectivity index is 2.82. The van der Waals surface area contributed by atoms with Gasteiger partial charge < -0.3 is 4.42 Å². The largest absolute Gasteiger partial charge is 0.459 e. The van der Waals surface area contributed by atoms with Crippen molar-refractivity contribution < 1.29 is 9.34 Å². The lowest BCUT2D eigenvalue weighted by Crippen LogP contribution is -1.86. The van der Waals surface area contributed by atoms with Gasteiger partial charge in [0.1, 0.15) is 5.39 Å². The summed E-state index contributed by atoms with van der Waals surface area (Å²) >= 11 is 0. The molecule has 0 atom stereocenters. The van der Waals surface area contributed by atoms with Crippen molar-refractivity contribution in [3.63, 3.8) is 0 Å². The standard InChI is InChI=1S/C8H4NO3/c10-9(11)8-3-1-2-6-4-12-5-7(6)8/h1-4H. The first-order chi connectivity index (χ1) is 5.79. The highest BCUT2D eigenvalue weighted by Crippen LogP contribution is 2.24. The van der Waals surface area contributed by atoms with Crippen molar-refractivity contribution in [2.75, 3.05) is 0 Å². The topological polar surface area (TPSA) is 56.3 Å². The first-order valence-electron chi connectivity index (χ1n) is 3.31. The second kappa shape index (κ2) is 2.34. The van der Waals surface area contributed by atoms with E-state index in [4.69, 9.17) is 4.42 Å². The maximum Gasteiger partial charge on any atom is 0.281 e. The van der Waals surface area contributed by atoms with E-state index < -0.39 is 4.92 Å². The molecule has 2 aromatic rings. The Morgan fingerprint density at radius 1 is 1.50 bits per heavy atom. The number of nitro groups is 1.